The molecular formula is C34H50N2O4S. The number of para-hydroxylation sites is 1. The zero-order valence-corrected chi connectivity index (χ0v) is 26.2. The first-order valence-corrected chi connectivity index (χ1v) is 16.5. The average Bonchev–Trinajstić information content (AvgIpc) is 3.39. The predicted octanol–water partition coefficient (Wildman–Crippen LogP) is 9.16. The fourth-order valence-electron chi connectivity index (χ4n) is 4.88. The van der Waals surface area contributed by atoms with Crippen LogP contribution in [0.1, 0.15) is 96.5 Å². The summed E-state index contributed by atoms with van der Waals surface area (Å²) in [4.78, 5) is 14.9. The van der Waals surface area contributed by atoms with E-state index in [2.05, 4.69) is 41.6 Å². The smallest absolute Gasteiger partial charge is 0.262 e. The number of unbranched alkanes of at least 4 members (excludes halogenated alkanes) is 11. The molecule has 0 saturated carbocycles. The van der Waals surface area contributed by atoms with Crippen molar-refractivity contribution in [3.8, 4) is 17.2 Å². The number of ether oxygens (including phenoxy) is 3. The maximum absolute atomic E-state index is 12.6. The van der Waals surface area contributed by atoms with Crippen LogP contribution < -0.4 is 19.5 Å². The number of nitrogens with one attached hydrogen (secondary N) is 1. The first kappa shape index (κ1) is 32.7. The highest BCUT2D eigenvalue weighted by Gasteiger charge is 2.15. The number of benzene rings is 2. The van der Waals surface area contributed by atoms with Gasteiger partial charge in [-0.05, 0) is 48.6 Å². The number of carbonyl (C=O) groups is 1. The molecule has 0 fully saturated rings. The SMILES string of the molecule is CCCCCCCCCCCCCCOc1c(OC)cccc1OCC(=O)Nc1ccc(CN2CSC=C2C)cc1. The number of thioether (sulfide) groups is 1. The molecule has 1 aliphatic heterocycles. The minimum absolute atomic E-state index is 0.112. The lowest BCUT2D eigenvalue weighted by Crippen LogP contribution is -2.20. The van der Waals surface area contributed by atoms with Gasteiger partial charge >= 0.3 is 0 Å². The van der Waals surface area contributed by atoms with E-state index in [1.54, 1.807) is 7.11 Å². The molecule has 6 nitrogen and oxygen atoms in total. The highest BCUT2D eigenvalue weighted by atomic mass is 32.2. The number of anilines is 1. The molecule has 1 heterocycles. The first-order chi connectivity index (χ1) is 20.1. The van der Waals surface area contributed by atoms with Gasteiger partial charge in [-0.25, -0.2) is 0 Å². The molecule has 3 rings (SSSR count). The number of amides is 1. The molecule has 1 amide bonds. The standard InChI is InChI=1S/C34H50N2O4S/c1-4-5-6-7-8-9-10-11-12-13-14-15-23-39-34-31(38-3)17-16-18-32(34)40-25-33(37)35-30-21-19-29(20-22-30)24-36-27-41-26-28(36)2/h16-22,26H,4-15,23-25,27H2,1-3H3,(H,35,37). The number of hydrogen-bond donors (Lipinski definition) is 1. The summed E-state index contributed by atoms with van der Waals surface area (Å²) in [6, 6.07) is 13.5. The molecule has 0 aliphatic carbocycles. The van der Waals surface area contributed by atoms with Crippen LogP contribution in [0.4, 0.5) is 5.69 Å². The van der Waals surface area contributed by atoms with Crippen LogP contribution in [-0.2, 0) is 11.3 Å². The number of nitrogens with zero attached hydrogens (tertiary/aromatic N) is 1. The zero-order valence-electron chi connectivity index (χ0n) is 25.4. The van der Waals surface area contributed by atoms with Gasteiger partial charge in [-0.2, -0.15) is 0 Å². The number of rotatable bonds is 21. The van der Waals surface area contributed by atoms with Crippen LogP contribution in [-0.4, -0.2) is 37.0 Å². The lowest BCUT2D eigenvalue weighted by atomic mass is 10.1. The van der Waals surface area contributed by atoms with E-state index in [1.807, 2.05) is 42.1 Å². The first-order valence-electron chi connectivity index (χ1n) is 15.5. The second-order valence-corrected chi connectivity index (χ2v) is 11.6. The number of methoxy groups -OCH3 is 1. The van der Waals surface area contributed by atoms with Gasteiger partial charge in [0.2, 0.25) is 5.75 Å². The van der Waals surface area contributed by atoms with Gasteiger partial charge in [-0.1, -0.05) is 95.8 Å². The molecule has 0 saturated heterocycles. The summed E-state index contributed by atoms with van der Waals surface area (Å²) >= 11 is 1.82. The van der Waals surface area contributed by atoms with E-state index in [0.717, 1.165) is 31.0 Å². The minimum Gasteiger partial charge on any atom is -0.493 e. The summed E-state index contributed by atoms with van der Waals surface area (Å²) in [5.74, 6) is 2.44. The number of carbonyl (C=O) groups excluding carboxylic acids is 1. The van der Waals surface area contributed by atoms with Crippen LogP contribution in [0, 0.1) is 0 Å². The van der Waals surface area contributed by atoms with Crippen molar-refractivity contribution < 1.29 is 19.0 Å². The van der Waals surface area contributed by atoms with Crippen LogP contribution in [0.3, 0.4) is 0 Å². The van der Waals surface area contributed by atoms with Crippen molar-refractivity contribution in [2.45, 2.75) is 97.4 Å². The van der Waals surface area contributed by atoms with E-state index in [0.29, 0.717) is 23.9 Å². The quantitative estimate of drug-likeness (QED) is 0.148. The van der Waals surface area contributed by atoms with Crippen molar-refractivity contribution in [1.82, 2.24) is 4.90 Å². The Kier molecular flexibility index (Phi) is 15.4. The van der Waals surface area contributed by atoms with E-state index >= 15 is 0 Å². The van der Waals surface area contributed by atoms with Crippen molar-refractivity contribution in [2.75, 3.05) is 31.5 Å². The molecular weight excluding hydrogens is 532 g/mol. The third-order valence-corrected chi connectivity index (χ3v) is 8.33. The van der Waals surface area contributed by atoms with E-state index in [4.69, 9.17) is 14.2 Å². The molecule has 0 unspecified atom stereocenters. The normalized spacial score (nSPS) is 12.8. The predicted molar refractivity (Wildman–Crippen MR) is 172 cm³/mol. The second-order valence-electron chi connectivity index (χ2n) is 10.8. The van der Waals surface area contributed by atoms with Gasteiger partial charge in [0, 0.05) is 17.9 Å². The Hall–Kier alpha value is -2.80. The van der Waals surface area contributed by atoms with Crippen molar-refractivity contribution in [3.63, 3.8) is 0 Å². The van der Waals surface area contributed by atoms with Crippen molar-refractivity contribution >= 4 is 23.4 Å². The minimum atomic E-state index is -0.220. The molecule has 7 heteroatoms. The molecule has 0 bridgehead atoms. The number of allylic oxidation sites excluding steroid dienone is 1. The molecule has 2 aromatic rings. The maximum Gasteiger partial charge on any atom is 0.262 e. The van der Waals surface area contributed by atoms with Gasteiger partial charge in [0.25, 0.3) is 5.91 Å². The van der Waals surface area contributed by atoms with Gasteiger partial charge in [0.05, 0.1) is 19.6 Å². The Morgan fingerprint density at radius 2 is 1.49 bits per heavy atom. The van der Waals surface area contributed by atoms with Crippen LogP contribution in [0.2, 0.25) is 0 Å². The molecule has 41 heavy (non-hydrogen) atoms. The molecule has 0 atom stereocenters. The molecule has 1 aliphatic rings. The van der Waals surface area contributed by atoms with Gasteiger partial charge in [0.15, 0.2) is 18.1 Å². The largest absolute Gasteiger partial charge is 0.493 e. The molecule has 0 spiro atoms. The molecule has 0 radical (unpaired) electrons. The topological polar surface area (TPSA) is 60.0 Å². The Morgan fingerprint density at radius 1 is 0.854 bits per heavy atom. The highest BCUT2D eigenvalue weighted by Crippen LogP contribution is 2.37. The lowest BCUT2D eigenvalue weighted by Gasteiger charge is -2.19. The Balaban J connectivity index is 1.34. The fourth-order valence-corrected chi connectivity index (χ4v) is 5.82. The van der Waals surface area contributed by atoms with Crippen LogP contribution in [0.25, 0.3) is 0 Å². The summed E-state index contributed by atoms with van der Waals surface area (Å²) in [6.45, 7) is 5.75. The Bertz CT molecular complexity index is 1060. The van der Waals surface area contributed by atoms with Gasteiger partial charge in [0.1, 0.15) is 0 Å². The van der Waals surface area contributed by atoms with Crippen molar-refractivity contribution in [2.24, 2.45) is 0 Å². The van der Waals surface area contributed by atoms with Crippen LogP contribution in [0.5, 0.6) is 17.2 Å². The van der Waals surface area contributed by atoms with Gasteiger partial charge < -0.3 is 24.4 Å². The second kappa shape index (κ2) is 19.3. The molecule has 226 valence electrons. The highest BCUT2D eigenvalue weighted by molar-refractivity contribution is 8.02. The summed E-state index contributed by atoms with van der Waals surface area (Å²) in [6.07, 6.45) is 15.6. The van der Waals surface area contributed by atoms with Crippen molar-refractivity contribution in [3.05, 3.63) is 59.1 Å². The molecule has 1 N–H and O–H groups in total. The van der Waals surface area contributed by atoms with E-state index < -0.39 is 0 Å². The third kappa shape index (κ3) is 12.3. The lowest BCUT2D eigenvalue weighted by molar-refractivity contribution is -0.118. The summed E-state index contributed by atoms with van der Waals surface area (Å²) < 4.78 is 17.5. The fraction of sp³-hybridized carbons (Fsp3) is 0.559. The summed E-state index contributed by atoms with van der Waals surface area (Å²) in [5, 5.41) is 5.11. The third-order valence-electron chi connectivity index (χ3n) is 7.36. The summed E-state index contributed by atoms with van der Waals surface area (Å²) in [7, 11) is 1.62. The van der Waals surface area contributed by atoms with Crippen LogP contribution >= 0.6 is 11.8 Å². The number of hydrogen-bond acceptors (Lipinski definition) is 6. The summed E-state index contributed by atoms with van der Waals surface area (Å²) in [5.41, 5.74) is 3.25. The van der Waals surface area contributed by atoms with Gasteiger partial charge in [-0.15, -0.1) is 11.8 Å². The Morgan fingerprint density at radius 3 is 2.10 bits per heavy atom. The van der Waals surface area contributed by atoms with Crippen molar-refractivity contribution in [1.29, 1.82) is 0 Å². The monoisotopic (exact) mass is 582 g/mol. The maximum atomic E-state index is 12.6. The van der Waals surface area contributed by atoms with E-state index in [1.165, 1.54) is 75.5 Å². The van der Waals surface area contributed by atoms with E-state index in [-0.39, 0.29) is 12.5 Å². The molecule has 0 aromatic heterocycles. The van der Waals surface area contributed by atoms with Gasteiger partial charge in [-0.3, -0.25) is 4.79 Å². The van der Waals surface area contributed by atoms with E-state index in [9.17, 15) is 4.79 Å². The Labute approximate surface area is 252 Å². The van der Waals surface area contributed by atoms with Crippen LogP contribution in [0.15, 0.2) is 53.6 Å². The average molecular weight is 583 g/mol. The molecule has 2 aromatic carbocycles. The zero-order chi connectivity index (χ0) is 29.1.